The Bertz CT molecular complexity index is 1250. The summed E-state index contributed by atoms with van der Waals surface area (Å²) in [5.41, 5.74) is 3.25. The number of morpholine rings is 1. The highest BCUT2D eigenvalue weighted by atomic mass is 35.5. The Kier molecular flexibility index (Phi) is 6.18. The number of amides is 2. The van der Waals surface area contributed by atoms with Crippen molar-refractivity contribution in [3.63, 3.8) is 0 Å². The first kappa shape index (κ1) is 22.7. The van der Waals surface area contributed by atoms with Gasteiger partial charge in [0.15, 0.2) is 0 Å². The van der Waals surface area contributed by atoms with Gasteiger partial charge in [0.05, 0.1) is 31.9 Å². The van der Waals surface area contributed by atoms with Crippen LogP contribution in [0.3, 0.4) is 0 Å². The third-order valence-corrected chi connectivity index (χ3v) is 6.92. The number of carbonyl (C=O) groups is 2. The first-order chi connectivity index (χ1) is 16.5. The standard InChI is InChI=1S/C25H27ClN4O4/c1-28-14-18(20-11-16(4-5-22(20)28)24(31)29-6-3-7-29)10-19-15-34-9-8-30(19)25(32)17-12-21(26)23(33-2)27-13-17/h4-5,11-14,19H,3,6-10,15H2,1-2H3/t19-/m0/s1. The normalized spacial score (nSPS) is 18.1. The zero-order valence-electron chi connectivity index (χ0n) is 19.3. The Morgan fingerprint density at radius 2 is 2.00 bits per heavy atom. The second-order valence-electron chi connectivity index (χ2n) is 8.79. The van der Waals surface area contributed by atoms with Crippen molar-refractivity contribution in [3.8, 4) is 5.88 Å². The van der Waals surface area contributed by atoms with E-state index in [0.717, 1.165) is 36.0 Å². The van der Waals surface area contributed by atoms with E-state index in [1.165, 1.54) is 13.3 Å². The van der Waals surface area contributed by atoms with Crippen molar-refractivity contribution in [1.29, 1.82) is 0 Å². The highest BCUT2D eigenvalue weighted by Gasteiger charge is 2.30. The Balaban J connectivity index is 1.42. The van der Waals surface area contributed by atoms with E-state index in [2.05, 4.69) is 15.7 Å². The first-order valence-corrected chi connectivity index (χ1v) is 11.8. The molecule has 0 radical (unpaired) electrons. The predicted molar refractivity (Wildman–Crippen MR) is 129 cm³/mol. The van der Waals surface area contributed by atoms with Crippen LogP contribution in [0.15, 0.2) is 36.7 Å². The number of aromatic nitrogens is 2. The van der Waals surface area contributed by atoms with E-state index in [1.54, 1.807) is 6.07 Å². The summed E-state index contributed by atoms with van der Waals surface area (Å²) in [7, 11) is 3.48. The summed E-state index contributed by atoms with van der Waals surface area (Å²) < 4.78 is 12.9. The molecule has 1 atom stereocenters. The molecule has 178 valence electrons. The van der Waals surface area contributed by atoms with Gasteiger partial charge in [0.25, 0.3) is 11.8 Å². The third kappa shape index (κ3) is 4.12. The van der Waals surface area contributed by atoms with Gasteiger partial charge in [-0.15, -0.1) is 0 Å². The molecule has 2 aromatic heterocycles. The molecular weight excluding hydrogens is 456 g/mol. The summed E-state index contributed by atoms with van der Waals surface area (Å²) in [6, 6.07) is 7.31. The molecule has 2 saturated heterocycles. The zero-order chi connectivity index (χ0) is 23.8. The van der Waals surface area contributed by atoms with Gasteiger partial charge in [0.1, 0.15) is 5.02 Å². The largest absolute Gasteiger partial charge is 0.480 e. The summed E-state index contributed by atoms with van der Waals surface area (Å²) >= 11 is 6.21. The van der Waals surface area contributed by atoms with Crippen LogP contribution < -0.4 is 4.74 Å². The molecule has 2 amide bonds. The van der Waals surface area contributed by atoms with Gasteiger partial charge in [0, 0.05) is 55.5 Å². The summed E-state index contributed by atoms with van der Waals surface area (Å²) in [6.45, 7) is 3.03. The molecule has 0 saturated carbocycles. The minimum atomic E-state index is -0.150. The Morgan fingerprint density at radius 1 is 1.18 bits per heavy atom. The van der Waals surface area contributed by atoms with Crippen LogP contribution in [0.25, 0.3) is 10.9 Å². The second-order valence-corrected chi connectivity index (χ2v) is 9.20. The van der Waals surface area contributed by atoms with Crippen LogP contribution in [0.5, 0.6) is 5.88 Å². The van der Waals surface area contributed by atoms with Crippen LogP contribution in [0.4, 0.5) is 0 Å². The molecule has 0 unspecified atom stereocenters. The fourth-order valence-corrected chi connectivity index (χ4v) is 4.92. The molecular formula is C25H27ClN4O4. The van der Waals surface area contributed by atoms with Crippen molar-refractivity contribution in [1.82, 2.24) is 19.4 Å². The maximum Gasteiger partial charge on any atom is 0.255 e. The molecule has 4 heterocycles. The molecule has 8 nitrogen and oxygen atoms in total. The van der Waals surface area contributed by atoms with E-state index in [9.17, 15) is 9.59 Å². The average molecular weight is 483 g/mol. The molecule has 2 aliphatic rings. The minimum absolute atomic E-state index is 0.0737. The maximum atomic E-state index is 13.4. The quantitative estimate of drug-likeness (QED) is 0.558. The number of aryl methyl sites for hydroxylation is 1. The van der Waals surface area contributed by atoms with Gasteiger partial charge in [-0.2, -0.15) is 0 Å². The van der Waals surface area contributed by atoms with Crippen LogP contribution in [0, 0.1) is 0 Å². The minimum Gasteiger partial charge on any atom is -0.480 e. The van der Waals surface area contributed by atoms with Crippen molar-refractivity contribution in [2.45, 2.75) is 18.9 Å². The number of likely N-dealkylation sites (tertiary alicyclic amines) is 1. The number of carbonyl (C=O) groups excluding carboxylic acids is 2. The van der Waals surface area contributed by atoms with Gasteiger partial charge >= 0.3 is 0 Å². The molecule has 9 heteroatoms. The number of ether oxygens (including phenoxy) is 2. The lowest BCUT2D eigenvalue weighted by Crippen LogP contribution is -2.49. The Hall–Kier alpha value is -3.10. The molecule has 0 aliphatic carbocycles. The fraction of sp³-hybridized carbons (Fsp3) is 0.400. The highest BCUT2D eigenvalue weighted by Crippen LogP contribution is 2.28. The Morgan fingerprint density at radius 3 is 2.71 bits per heavy atom. The van der Waals surface area contributed by atoms with E-state index in [0.29, 0.717) is 42.3 Å². The lowest BCUT2D eigenvalue weighted by molar-refractivity contribution is -0.00158. The van der Waals surface area contributed by atoms with Crippen LogP contribution in [0.1, 0.15) is 32.7 Å². The monoisotopic (exact) mass is 482 g/mol. The second kappa shape index (κ2) is 9.27. The average Bonchev–Trinajstić information content (AvgIpc) is 3.12. The maximum absolute atomic E-state index is 13.4. The molecule has 5 rings (SSSR count). The van der Waals surface area contributed by atoms with Gasteiger partial charge in [-0.3, -0.25) is 9.59 Å². The molecule has 1 aromatic carbocycles. The van der Waals surface area contributed by atoms with E-state index < -0.39 is 0 Å². The van der Waals surface area contributed by atoms with Gasteiger partial charge in [-0.25, -0.2) is 4.98 Å². The van der Waals surface area contributed by atoms with Crippen LogP contribution in [-0.2, 0) is 18.2 Å². The van der Waals surface area contributed by atoms with Gasteiger partial charge < -0.3 is 23.8 Å². The van der Waals surface area contributed by atoms with E-state index in [1.807, 2.05) is 35.0 Å². The van der Waals surface area contributed by atoms with Crippen molar-refractivity contribution in [3.05, 3.63) is 58.4 Å². The third-order valence-electron chi connectivity index (χ3n) is 6.65. The molecule has 34 heavy (non-hydrogen) atoms. The van der Waals surface area contributed by atoms with Gasteiger partial charge in [0.2, 0.25) is 5.88 Å². The fourth-order valence-electron chi connectivity index (χ4n) is 4.67. The molecule has 0 N–H and O–H groups in total. The van der Waals surface area contributed by atoms with Crippen LogP contribution in [0.2, 0.25) is 5.02 Å². The smallest absolute Gasteiger partial charge is 0.255 e. The van der Waals surface area contributed by atoms with Crippen molar-refractivity contribution in [2.24, 2.45) is 7.05 Å². The number of fused-ring (bicyclic) bond motifs is 1. The summed E-state index contributed by atoms with van der Waals surface area (Å²) in [4.78, 5) is 34.0. The molecule has 2 aliphatic heterocycles. The van der Waals surface area contributed by atoms with Crippen molar-refractivity contribution in [2.75, 3.05) is 40.0 Å². The first-order valence-electron chi connectivity index (χ1n) is 11.4. The van der Waals surface area contributed by atoms with Crippen molar-refractivity contribution < 1.29 is 19.1 Å². The van der Waals surface area contributed by atoms with E-state index >= 15 is 0 Å². The number of hydrogen-bond acceptors (Lipinski definition) is 5. The predicted octanol–water partition coefficient (Wildman–Crippen LogP) is 3.16. The summed E-state index contributed by atoms with van der Waals surface area (Å²) in [5.74, 6) is 0.222. The number of halogens is 1. The van der Waals surface area contributed by atoms with E-state index in [-0.39, 0.29) is 23.7 Å². The topological polar surface area (TPSA) is 76.9 Å². The number of hydrogen-bond donors (Lipinski definition) is 0. The number of benzene rings is 1. The molecule has 3 aromatic rings. The summed E-state index contributed by atoms with van der Waals surface area (Å²) in [6.07, 6.45) is 5.24. The lowest BCUT2D eigenvalue weighted by atomic mass is 10.0. The molecule has 2 fully saturated rings. The van der Waals surface area contributed by atoms with Crippen LogP contribution in [-0.4, -0.2) is 77.2 Å². The number of methoxy groups -OCH3 is 1. The van der Waals surface area contributed by atoms with E-state index in [4.69, 9.17) is 21.1 Å². The van der Waals surface area contributed by atoms with Crippen molar-refractivity contribution >= 4 is 34.3 Å². The zero-order valence-corrected chi connectivity index (χ0v) is 20.0. The number of nitrogens with zero attached hydrogens (tertiary/aromatic N) is 4. The number of rotatable bonds is 5. The molecule has 0 bridgehead atoms. The SMILES string of the molecule is COc1ncc(C(=O)N2CCOC[C@@H]2Cc2cn(C)c3ccc(C(=O)N4CCC4)cc23)cc1Cl. The molecule has 0 spiro atoms. The Labute approximate surface area is 203 Å². The van der Waals surface area contributed by atoms with Crippen LogP contribution >= 0.6 is 11.6 Å². The van der Waals surface area contributed by atoms with Gasteiger partial charge in [-0.05, 0) is 42.7 Å². The number of pyridine rings is 1. The van der Waals surface area contributed by atoms with Gasteiger partial charge in [-0.1, -0.05) is 11.6 Å². The highest BCUT2D eigenvalue weighted by molar-refractivity contribution is 6.32. The summed E-state index contributed by atoms with van der Waals surface area (Å²) in [5, 5.41) is 1.33. The lowest BCUT2D eigenvalue weighted by Gasteiger charge is -2.35.